The van der Waals surface area contributed by atoms with Crippen molar-refractivity contribution in [2.24, 2.45) is 0 Å². The SMILES string of the molecule is CCCNc1c2c(nc3c(C)c(Br)ccc13)CCC2. The van der Waals surface area contributed by atoms with Gasteiger partial charge in [0.05, 0.1) is 5.52 Å². The Hall–Kier alpha value is -1.09. The minimum atomic E-state index is 1.03. The lowest BCUT2D eigenvalue weighted by Crippen LogP contribution is -2.05. The van der Waals surface area contributed by atoms with Crippen LogP contribution in [0.1, 0.15) is 36.6 Å². The molecule has 0 bridgehead atoms. The van der Waals surface area contributed by atoms with Crippen LogP contribution in [0.3, 0.4) is 0 Å². The molecule has 0 saturated carbocycles. The van der Waals surface area contributed by atoms with Crippen LogP contribution in [0.2, 0.25) is 0 Å². The maximum absolute atomic E-state index is 4.91. The highest BCUT2D eigenvalue weighted by Crippen LogP contribution is 2.36. The van der Waals surface area contributed by atoms with E-state index in [0.717, 1.165) is 29.4 Å². The zero-order valence-corrected chi connectivity index (χ0v) is 13.1. The predicted molar refractivity (Wildman–Crippen MR) is 85.0 cm³/mol. The van der Waals surface area contributed by atoms with E-state index >= 15 is 0 Å². The molecule has 0 spiro atoms. The zero-order chi connectivity index (χ0) is 13.4. The lowest BCUT2D eigenvalue weighted by Gasteiger charge is -2.15. The van der Waals surface area contributed by atoms with E-state index in [2.05, 4.69) is 47.2 Å². The van der Waals surface area contributed by atoms with E-state index in [9.17, 15) is 0 Å². The van der Waals surface area contributed by atoms with Gasteiger partial charge in [0, 0.05) is 27.8 Å². The largest absolute Gasteiger partial charge is 0.384 e. The number of halogens is 1. The molecule has 3 rings (SSSR count). The van der Waals surface area contributed by atoms with Crippen LogP contribution >= 0.6 is 15.9 Å². The average Bonchev–Trinajstić information content (AvgIpc) is 2.87. The molecule has 0 atom stereocenters. The molecule has 0 fully saturated rings. The molecule has 3 heteroatoms. The molecule has 1 heterocycles. The van der Waals surface area contributed by atoms with Gasteiger partial charge in [-0.25, -0.2) is 0 Å². The lowest BCUT2D eigenvalue weighted by atomic mass is 10.0. The van der Waals surface area contributed by atoms with Gasteiger partial charge in [0.25, 0.3) is 0 Å². The molecule has 0 aliphatic heterocycles. The Bertz CT molecular complexity index is 634. The van der Waals surface area contributed by atoms with Crippen LogP contribution in [0.25, 0.3) is 10.9 Å². The van der Waals surface area contributed by atoms with Gasteiger partial charge in [0.2, 0.25) is 0 Å². The maximum atomic E-state index is 4.91. The second kappa shape index (κ2) is 5.12. The van der Waals surface area contributed by atoms with Crippen molar-refractivity contribution in [3.63, 3.8) is 0 Å². The first kappa shape index (κ1) is 12.9. The molecule has 1 aromatic heterocycles. The molecule has 2 nitrogen and oxygen atoms in total. The summed E-state index contributed by atoms with van der Waals surface area (Å²) in [5.41, 5.74) is 6.46. The third-order valence-electron chi connectivity index (χ3n) is 3.92. The monoisotopic (exact) mass is 318 g/mol. The van der Waals surface area contributed by atoms with E-state index < -0.39 is 0 Å². The molecule has 19 heavy (non-hydrogen) atoms. The number of aromatic nitrogens is 1. The first-order valence-corrected chi connectivity index (χ1v) is 7.86. The third kappa shape index (κ3) is 2.14. The normalized spacial score (nSPS) is 13.8. The van der Waals surface area contributed by atoms with Crippen molar-refractivity contribution in [3.05, 3.63) is 33.4 Å². The van der Waals surface area contributed by atoms with Gasteiger partial charge in [0.15, 0.2) is 0 Å². The highest BCUT2D eigenvalue weighted by atomic mass is 79.9. The Kier molecular flexibility index (Phi) is 3.48. The van der Waals surface area contributed by atoms with Crippen LogP contribution in [0.4, 0.5) is 5.69 Å². The van der Waals surface area contributed by atoms with Crippen molar-refractivity contribution in [3.8, 4) is 0 Å². The number of benzene rings is 1. The third-order valence-corrected chi connectivity index (χ3v) is 4.78. The van der Waals surface area contributed by atoms with Crippen molar-refractivity contribution in [2.75, 3.05) is 11.9 Å². The molecule has 1 aromatic carbocycles. The van der Waals surface area contributed by atoms with Gasteiger partial charge in [-0.2, -0.15) is 0 Å². The Balaban J connectivity index is 2.27. The van der Waals surface area contributed by atoms with Crippen molar-refractivity contribution in [1.29, 1.82) is 0 Å². The number of anilines is 1. The number of nitrogens with zero attached hydrogens (tertiary/aromatic N) is 1. The molecule has 0 amide bonds. The summed E-state index contributed by atoms with van der Waals surface area (Å²) in [5.74, 6) is 0. The van der Waals surface area contributed by atoms with Crippen LogP contribution in [0.15, 0.2) is 16.6 Å². The topological polar surface area (TPSA) is 24.9 Å². The standard InChI is InChI=1S/C16H19BrN2/c1-3-9-18-16-11-5-4-6-14(11)19-15-10(2)13(17)8-7-12(15)16/h7-8H,3-6,9H2,1-2H3,(H,18,19). The molecule has 0 unspecified atom stereocenters. The van der Waals surface area contributed by atoms with Gasteiger partial charge < -0.3 is 5.32 Å². The quantitative estimate of drug-likeness (QED) is 0.893. The molecular formula is C16H19BrN2. The Morgan fingerprint density at radius 2 is 2.16 bits per heavy atom. The van der Waals surface area contributed by atoms with Crippen LogP contribution in [-0.4, -0.2) is 11.5 Å². The lowest BCUT2D eigenvalue weighted by molar-refractivity contribution is 0.900. The number of fused-ring (bicyclic) bond motifs is 2. The first-order chi connectivity index (χ1) is 9.22. The Morgan fingerprint density at radius 3 is 2.95 bits per heavy atom. The number of hydrogen-bond acceptors (Lipinski definition) is 2. The van der Waals surface area contributed by atoms with Gasteiger partial charge in [-0.3, -0.25) is 4.98 Å². The maximum Gasteiger partial charge on any atom is 0.0766 e. The van der Waals surface area contributed by atoms with E-state index in [-0.39, 0.29) is 0 Å². The highest BCUT2D eigenvalue weighted by molar-refractivity contribution is 9.10. The molecule has 2 aromatic rings. The second-order valence-corrected chi connectivity index (χ2v) is 6.12. The van der Waals surface area contributed by atoms with Crippen molar-refractivity contribution in [1.82, 2.24) is 4.98 Å². The summed E-state index contributed by atoms with van der Waals surface area (Å²) >= 11 is 3.61. The summed E-state index contributed by atoms with van der Waals surface area (Å²) in [6.07, 6.45) is 4.67. The van der Waals surface area contributed by atoms with Crippen molar-refractivity contribution >= 4 is 32.5 Å². The number of hydrogen-bond donors (Lipinski definition) is 1. The van der Waals surface area contributed by atoms with Gasteiger partial charge in [0.1, 0.15) is 0 Å². The van der Waals surface area contributed by atoms with Crippen LogP contribution in [0, 0.1) is 6.92 Å². The average molecular weight is 319 g/mol. The van der Waals surface area contributed by atoms with E-state index in [1.807, 2.05) is 0 Å². The number of rotatable bonds is 3. The molecular weight excluding hydrogens is 300 g/mol. The van der Waals surface area contributed by atoms with Gasteiger partial charge in [-0.05, 0) is 55.9 Å². The fraction of sp³-hybridized carbons (Fsp3) is 0.438. The van der Waals surface area contributed by atoms with E-state index in [1.165, 1.54) is 40.7 Å². The predicted octanol–water partition coefficient (Wildman–Crippen LogP) is 4.62. The highest BCUT2D eigenvalue weighted by Gasteiger charge is 2.20. The summed E-state index contributed by atoms with van der Waals surface area (Å²) in [6.45, 7) is 5.38. The summed E-state index contributed by atoms with van der Waals surface area (Å²) < 4.78 is 1.15. The molecule has 1 aliphatic carbocycles. The molecule has 1 aliphatic rings. The van der Waals surface area contributed by atoms with Gasteiger partial charge in [-0.15, -0.1) is 0 Å². The molecule has 100 valence electrons. The Morgan fingerprint density at radius 1 is 1.32 bits per heavy atom. The van der Waals surface area contributed by atoms with Crippen LogP contribution in [-0.2, 0) is 12.8 Å². The number of aryl methyl sites for hydroxylation is 2. The minimum absolute atomic E-state index is 1.03. The van der Waals surface area contributed by atoms with Crippen LogP contribution < -0.4 is 5.32 Å². The summed E-state index contributed by atoms with van der Waals surface area (Å²) in [5, 5.41) is 4.90. The fourth-order valence-electron chi connectivity index (χ4n) is 2.89. The van der Waals surface area contributed by atoms with E-state index in [1.54, 1.807) is 0 Å². The summed E-state index contributed by atoms with van der Waals surface area (Å²) in [4.78, 5) is 4.91. The van der Waals surface area contributed by atoms with Crippen molar-refractivity contribution in [2.45, 2.75) is 39.5 Å². The zero-order valence-electron chi connectivity index (χ0n) is 11.5. The second-order valence-electron chi connectivity index (χ2n) is 5.26. The first-order valence-electron chi connectivity index (χ1n) is 7.06. The molecule has 0 saturated heterocycles. The number of nitrogens with one attached hydrogen (secondary N) is 1. The van der Waals surface area contributed by atoms with Crippen molar-refractivity contribution < 1.29 is 0 Å². The minimum Gasteiger partial charge on any atom is -0.384 e. The smallest absolute Gasteiger partial charge is 0.0766 e. The van der Waals surface area contributed by atoms with E-state index in [0.29, 0.717) is 0 Å². The summed E-state index contributed by atoms with van der Waals surface area (Å²) in [7, 11) is 0. The number of pyridine rings is 1. The van der Waals surface area contributed by atoms with Gasteiger partial charge >= 0.3 is 0 Å². The fourth-order valence-corrected chi connectivity index (χ4v) is 3.21. The summed E-state index contributed by atoms with van der Waals surface area (Å²) in [6, 6.07) is 4.33. The molecule has 0 radical (unpaired) electrons. The van der Waals surface area contributed by atoms with E-state index in [4.69, 9.17) is 4.98 Å². The molecule has 1 N–H and O–H groups in total. The van der Waals surface area contributed by atoms with Gasteiger partial charge in [-0.1, -0.05) is 22.9 Å². The van der Waals surface area contributed by atoms with Crippen LogP contribution in [0.5, 0.6) is 0 Å². The Labute approximate surface area is 122 Å².